The predicted octanol–water partition coefficient (Wildman–Crippen LogP) is 36.9. The number of rotatable bonds is 15. The zero-order valence-electron chi connectivity index (χ0n) is 83.1. The van der Waals surface area contributed by atoms with Gasteiger partial charge in [0.1, 0.15) is 0 Å². The summed E-state index contributed by atoms with van der Waals surface area (Å²) >= 11 is 0. The smallest absolute Gasteiger partial charge is 0.0635 e. The molecule has 6 heterocycles. The Balaban J connectivity index is 0.000000119. The number of hydrogen-bond donors (Lipinski definition) is 0. The quantitative estimate of drug-likeness (QED) is 0.103. The number of benzene rings is 19. The number of aromatic nitrogens is 6. The zero-order chi connectivity index (χ0) is 97.6. The Morgan fingerprint density at radius 3 is 0.741 bits per heavy atom. The van der Waals surface area contributed by atoms with Gasteiger partial charge in [-0.1, -0.05) is 314 Å². The second-order valence-electron chi connectivity index (χ2n) is 41.9. The van der Waals surface area contributed by atoms with Crippen molar-refractivity contribution in [3.8, 4) is 34.1 Å². The van der Waals surface area contributed by atoms with E-state index in [0.717, 1.165) is 85.3 Å². The van der Waals surface area contributed by atoms with E-state index >= 15 is 0 Å². The van der Waals surface area contributed by atoms with Crippen molar-refractivity contribution < 1.29 is 0 Å². The Morgan fingerprint density at radius 1 is 0.154 bits per heavy atom. The molecule has 25 rings (SSSR count). The van der Waals surface area contributed by atoms with Crippen molar-refractivity contribution in [2.24, 2.45) is 0 Å². The summed E-state index contributed by atoms with van der Waals surface area (Å²) in [6.45, 7) is 27.2. The van der Waals surface area contributed by atoms with E-state index in [1.165, 1.54) is 131 Å². The van der Waals surface area contributed by atoms with E-state index in [1.54, 1.807) is 0 Å². The number of hydrogen-bond acceptors (Lipinski definition) is 3. The van der Waals surface area contributed by atoms with E-state index in [4.69, 9.17) is 0 Å². The lowest BCUT2D eigenvalue weighted by Crippen LogP contribution is -2.14. The molecule has 0 spiro atoms. The van der Waals surface area contributed by atoms with Crippen LogP contribution in [0.3, 0.4) is 0 Å². The van der Waals surface area contributed by atoms with Gasteiger partial charge in [0.2, 0.25) is 0 Å². The fourth-order valence-corrected chi connectivity index (χ4v) is 21.2. The molecule has 0 aliphatic carbocycles. The van der Waals surface area contributed by atoms with Crippen LogP contribution in [0.4, 0.5) is 51.2 Å². The number of nitrogens with zero attached hydrogens (tertiary/aromatic N) is 9. The molecule has 6 aromatic heterocycles. The Kier molecular flexibility index (Phi) is 22.8. The van der Waals surface area contributed by atoms with Gasteiger partial charge in [-0.3, -0.25) is 0 Å². The van der Waals surface area contributed by atoms with E-state index in [2.05, 4.69) is 605 Å². The van der Waals surface area contributed by atoms with Crippen molar-refractivity contribution in [3.05, 3.63) is 502 Å². The van der Waals surface area contributed by atoms with Crippen LogP contribution in [0, 0.1) is 0 Å². The van der Waals surface area contributed by atoms with Gasteiger partial charge >= 0.3 is 0 Å². The van der Waals surface area contributed by atoms with E-state index in [9.17, 15) is 0 Å². The lowest BCUT2D eigenvalue weighted by Gasteiger charge is -2.28. The summed E-state index contributed by atoms with van der Waals surface area (Å²) in [6, 6.07) is 168. The van der Waals surface area contributed by atoms with Gasteiger partial charge in [-0.05, 0) is 285 Å². The fourth-order valence-electron chi connectivity index (χ4n) is 21.2. The van der Waals surface area contributed by atoms with Gasteiger partial charge in [-0.25, -0.2) is 0 Å². The maximum absolute atomic E-state index is 2.45. The Labute approximate surface area is 837 Å². The highest BCUT2D eigenvalue weighted by Gasteiger charge is 2.28. The molecule has 0 radical (unpaired) electrons. The molecule has 19 aromatic carbocycles. The molecule has 0 unspecified atom stereocenters. The van der Waals surface area contributed by atoms with Crippen LogP contribution < -0.4 is 14.7 Å². The van der Waals surface area contributed by atoms with Gasteiger partial charge < -0.3 is 42.1 Å². The minimum absolute atomic E-state index is 0.0823. The van der Waals surface area contributed by atoms with Crippen LogP contribution in [-0.2, 0) is 21.7 Å². The average molecular weight is 1850 g/mol. The minimum Gasteiger partial charge on any atom is -0.316 e. The highest BCUT2D eigenvalue weighted by atomic mass is 15.2. The van der Waals surface area contributed by atoms with Crippen LogP contribution in [0.25, 0.3) is 143 Å². The molecule has 0 aliphatic rings. The molecule has 696 valence electrons. The maximum Gasteiger partial charge on any atom is 0.0635 e. The first-order valence-corrected chi connectivity index (χ1v) is 49.9. The first-order valence-electron chi connectivity index (χ1n) is 49.9. The van der Waals surface area contributed by atoms with Gasteiger partial charge in [0.15, 0.2) is 0 Å². The van der Waals surface area contributed by atoms with Crippen molar-refractivity contribution >= 4 is 160 Å². The van der Waals surface area contributed by atoms with E-state index < -0.39 is 0 Å². The van der Waals surface area contributed by atoms with Crippen molar-refractivity contribution in [3.63, 3.8) is 0 Å². The largest absolute Gasteiger partial charge is 0.316 e. The van der Waals surface area contributed by atoms with Gasteiger partial charge in [-0.15, -0.1) is 0 Å². The van der Waals surface area contributed by atoms with E-state index in [-0.39, 0.29) is 21.7 Å². The molecule has 0 bridgehead atoms. The second-order valence-corrected chi connectivity index (χ2v) is 41.9. The van der Waals surface area contributed by atoms with Crippen LogP contribution in [-0.4, -0.2) is 27.4 Å². The molecule has 25 aromatic rings. The standard InChI is InChI=1S/2C46H43N3.C42H29N3/c1-45(2,3)32-19-23-35(24-20-32)48(36-25-21-33(22-26-36)46(4,5)6)37-15-12-16-38(31-37)49-43-18-11-10-17-39(43)40-27-28-42-41(44(40)49)29-30-47(42)34-13-8-7-9-14-34;1-45(2,3)32-16-20-35(21-17-32)48(36-22-18-33(19-23-36)46(4,5)6)37-24-26-38(27-25-37)49-43-15-11-10-14-39(43)40-28-29-42-41(44(40)49)30-31-47(42)34-12-8-7-9-13-34;1-3-13-32(14-4-1)43-28-27-39-40(43)26-25-38-37-17-9-10-18-41(37)45(42(38)39)35-23-21-34(22-24-35)44(33-15-5-2-6-16-33)36-20-19-30-11-7-8-12-31(30)29-36/h2*7-31H,1-6H3;1-29H. The van der Waals surface area contributed by atoms with Crippen molar-refractivity contribution in [2.75, 3.05) is 14.7 Å². The Bertz CT molecular complexity index is 8870. The average Bonchev–Trinajstić information content (AvgIpc) is 1.57. The van der Waals surface area contributed by atoms with Gasteiger partial charge in [0.05, 0.1) is 49.7 Å². The molecule has 0 fully saturated rings. The molecular weight excluding hydrogens is 1740 g/mol. The molecule has 0 amide bonds. The van der Waals surface area contributed by atoms with Crippen LogP contribution in [0.1, 0.15) is 105 Å². The summed E-state index contributed by atoms with van der Waals surface area (Å²) < 4.78 is 14.2. The van der Waals surface area contributed by atoms with Crippen LogP contribution in [0.15, 0.2) is 480 Å². The fraction of sp³-hybridized carbons (Fsp3) is 0.119. The SMILES string of the molecule is CC(C)(C)c1ccc(N(c2ccc(-n3c4ccccc4c4ccc5c(ccn5-c5ccccc5)c43)cc2)c2ccc(C(C)(C)C)cc2)cc1.CC(C)(C)c1ccc(N(c2ccc(C(C)(C)C)cc2)c2cccc(-n3c4ccccc4c4ccc5c(ccn5-c5ccccc5)c43)c2)cc1.c1ccc(N(c2ccc(-n3c4ccccc4c4ccc5c(ccn5-c5ccccc5)c43)cc2)c2ccc3ccccc3c2)cc1. The molecule has 9 nitrogen and oxygen atoms in total. The third kappa shape index (κ3) is 16.7. The maximum atomic E-state index is 2.45. The topological polar surface area (TPSA) is 39.3 Å². The molecule has 9 heteroatoms. The molecule has 0 N–H and O–H groups in total. The predicted molar refractivity (Wildman–Crippen MR) is 609 cm³/mol. The normalized spacial score (nSPS) is 12.1. The van der Waals surface area contributed by atoms with Crippen LogP contribution in [0.2, 0.25) is 0 Å². The summed E-state index contributed by atoms with van der Waals surface area (Å²) in [5.74, 6) is 0. The summed E-state index contributed by atoms with van der Waals surface area (Å²) in [4.78, 5) is 7.09. The molecule has 143 heavy (non-hydrogen) atoms. The van der Waals surface area contributed by atoms with E-state index in [0.29, 0.717) is 0 Å². The van der Waals surface area contributed by atoms with Crippen LogP contribution in [0.5, 0.6) is 0 Å². The van der Waals surface area contributed by atoms with Gasteiger partial charge in [0.25, 0.3) is 0 Å². The van der Waals surface area contributed by atoms with Gasteiger partial charge in [0, 0.05) is 152 Å². The van der Waals surface area contributed by atoms with Crippen molar-refractivity contribution in [2.45, 2.75) is 105 Å². The summed E-state index contributed by atoms with van der Waals surface area (Å²) in [5, 5.41) is 13.7. The van der Waals surface area contributed by atoms with Crippen molar-refractivity contribution in [1.29, 1.82) is 0 Å². The highest BCUT2D eigenvalue weighted by molar-refractivity contribution is 6.21. The molecular formula is C134H115N9. The first-order chi connectivity index (χ1) is 69.5. The third-order valence-electron chi connectivity index (χ3n) is 28.7. The molecule has 0 aliphatic heterocycles. The monoisotopic (exact) mass is 1850 g/mol. The highest BCUT2D eigenvalue weighted by Crippen LogP contribution is 2.48. The molecule has 0 saturated heterocycles. The van der Waals surface area contributed by atoms with Crippen molar-refractivity contribution in [1.82, 2.24) is 27.4 Å². The lowest BCUT2D eigenvalue weighted by atomic mass is 9.86. The Morgan fingerprint density at radius 2 is 0.406 bits per heavy atom. The first kappa shape index (κ1) is 89.7. The zero-order valence-corrected chi connectivity index (χ0v) is 83.1. The second kappa shape index (κ2) is 36.3. The third-order valence-corrected chi connectivity index (χ3v) is 28.7. The molecule has 0 saturated carbocycles. The summed E-state index contributed by atoms with van der Waals surface area (Å²) in [7, 11) is 0. The summed E-state index contributed by atoms with van der Waals surface area (Å²) in [5.41, 5.74) is 33.6. The summed E-state index contributed by atoms with van der Waals surface area (Å²) in [6.07, 6.45) is 6.58. The Hall–Kier alpha value is -17.1. The minimum atomic E-state index is 0.0823. The van der Waals surface area contributed by atoms with Crippen LogP contribution >= 0.6 is 0 Å². The van der Waals surface area contributed by atoms with Gasteiger partial charge in [-0.2, -0.15) is 0 Å². The number of para-hydroxylation sites is 7. The molecule has 0 atom stereocenters. The lowest BCUT2D eigenvalue weighted by molar-refractivity contribution is 0.590. The number of fused-ring (bicyclic) bond motifs is 16. The van der Waals surface area contributed by atoms with E-state index in [1.807, 2.05) is 0 Å². The number of anilines is 9.